The van der Waals surface area contributed by atoms with Crippen LogP contribution in [0.1, 0.15) is 27.7 Å². The van der Waals surface area contributed by atoms with Crippen molar-refractivity contribution < 1.29 is 27.5 Å². The van der Waals surface area contributed by atoms with Crippen LogP contribution in [0.4, 0.5) is 13.2 Å². The molecule has 0 unspecified atom stereocenters. The van der Waals surface area contributed by atoms with E-state index in [2.05, 4.69) is 4.74 Å². The molecule has 0 aliphatic carbocycles. The van der Waals surface area contributed by atoms with Crippen molar-refractivity contribution >= 4 is 11.9 Å². The molecular formula is C12H18F3NO3. The van der Waals surface area contributed by atoms with Gasteiger partial charge in [0.2, 0.25) is 0 Å². The third-order valence-corrected chi connectivity index (χ3v) is 2.14. The first-order chi connectivity index (χ1) is 8.56. The Morgan fingerprint density at radius 3 is 2.00 bits per heavy atom. The number of carbonyl (C=O) groups excluding carboxylic acids is 2. The minimum Gasteiger partial charge on any atom is -0.454 e. The van der Waals surface area contributed by atoms with E-state index in [1.54, 1.807) is 27.7 Å². The van der Waals surface area contributed by atoms with E-state index >= 15 is 0 Å². The van der Waals surface area contributed by atoms with Crippen molar-refractivity contribution in [2.45, 2.75) is 46.0 Å². The highest BCUT2D eigenvalue weighted by atomic mass is 19.4. The molecule has 7 heteroatoms. The Morgan fingerprint density at radius 1 is 1.16 bits per heavy atom. The number of esters is 1. The second kappa shape index (κ2) is 7.16. The number of amides is 1. The highest BCUT2D eigenvalue weighted by molar-refractivity contribution is 6.32. The molecule has 0 bridgehead atoms. The summed E-state index contributed by atoms with van der Waals surface area (Å²) in [7, 11) is 0. The second-order valence-corrected chi connectivity index (χ2v) is 4.44. The molecule has 0 atom stereocenters. The van der Waals surface area contributed by atoms with Gasteiger partial charge >= 0.3 is 18.1 Å². The summed E-state index contributed by atoms with van der Waals surface area (Å²) in [5, 5.41) is 0. The van der Waals surface area contributed by atoms with E-state index < -0.39 is 24.7 Å². The summed E-state index contributed by atoms with van der Waals surface area (Å²) in [5.41, 5.74) is 0. The zero-order valence-electron chi connectivity index (χ0n) is 11.3. The molecule has 0 spiro atoms. The smallest absolute Gasteiger partial charge is 0.409 e. The molecule has 19 heavy (non-hydrogen) atoms. The van der Waals surface area contributed by atoms with Gasteiger partial charge in [-0.15, -0.1) is 0 Å². The van der Waals surface area contributed by atoms with Crippen molar-refractivity contribution in [3.05, 3.63) is 12.2 Å². The lowest BCUT2D eigenvalue weighted by atomic mass is 10.2. The minimum absolute atomic E-state index is 0.0482. The van der Waals surface area contributed by atoms with Crippen molar-refractivity contribution in [3.63, 3.8) is 0 Å². The SMILES string of the molecule is CC(C)N(C(=O)C(=O)OC/C=C/C(F)(F)F)C(C)C. The maximum absolute atomic E-state index is 11.8. The van der Waals surface area contributed by atoms with Gasteiger partial charge in [0, 0.05) is 18.2 Å². The van der Waals surface area contributed by atoms with E-state index in [1.165, 1.54) is 4.90 Å². The molecule has 110 valence electrons. The van der Waals surface area contributed by atoms with E-state index in [4.69, 9.17) is 0 Å². The quantitative estimate of drug-likeness (QED) is 0.451. The number of allylic oxidation sites excluding steroid dienone is 1. The number of alkyl halides is 3. The molecule has 1 amide bonds. The van der Waals surface area contributed by atoms with Crippen molar-refractivity contribution in [1.82, 2.24) is 4.90 Å². The largest absolute Gasteiger partial charge is 0.454 e. The van der Waals surface area contributed by atoms with Gasteiger partial charge in [-0.25, -0.2) is 4.79 Å². The third-order valence-electron chi connectivity index (χ3n) is 2.14. The van der Waals surface area contributed by atoms with Crippen molar-refractivity contribution in [2.24, 2.45) is 0 Å². The van der Waals surface area contributed by atoms with Crippen LogP contribution in [-0.4, -0.2) is 41.6 Å². The highest BCUT2D eigenvalue weighted by Crippen LogP contribution is 2.15. The summed E-state index contributed by atoms with van der Waals surface area (Å²) in [6, 6.07) is -0.406. The Bertz CT molecular complexity index is 341. The zero-order valence-corrected chi connectivity index (χ0v) is 11.3. The van der Waals surface area contributed by atoms with Gasteiger partial charge < -0.3 is 9.64 Å². The lowest BCUT2D eigenvalue weighted by Gasteiger charge is -2.29. The van der Waals surface area contributed by atoms with Gasteiger partial charge in [-0.3, -0.25) is 4.79 Å². The normalized spacial score (nSPS) is 12.3. The summed E-state index contributed by atoms with van der Waals surface area (Å²) in [5.74, 6) is -2.01. The first kappa shape index (κ1) is 17.5. The van der Waals surface area contributed by atoms with Crippen LogP contribution in [0.2, 0.25) is 0 Å². The van der Waals surface area contributed by atoms with Crippen LogP contribution in [0, 0.1) is 0 Å². The van der Waals surface area contributed by atoms with Crippen LogP contribution in [0.15, 0.2) is 12.2 Å². The fraction of sp³-hybridized carbons (Fsp3) is 0.667. The van der Waals surface area contributed by atoms with E-state index in [0.29, 0.717) is 6.08 Å². The predicted octanol–water partition coefficient (Wildman–Crippen LogP) is 2.29. The van der Waals surface area contributed by atoms with Gasteiger partial charge in [0.1, 0.15) is 6.61 Å². The Balaban J connectivity index is 4.43. The molecule has 0 aliphatic rings. The summed E-state index contributed by atoms with van der Waals surface area (Å²) >= 11 is 0. The lowest BCUT2D eigenvalue weighted by molar-refractivity contribution is -0.161. The van der Waals surface area contributed by atoms with Crippen LogP contribution in [0.25, 0.3) is 0 Å². The maximum atomic E-state index is 11.8. The molecule has 0 aromatic carbocycles. The van der Waals surface area contributed by atoms with Crippen LogP contribution >= 0.6 is 0 Å². The van der Waals surface area contributed by atoms with Crippen LogP contribution in [0.3, 0.4) is 0 Å². The van der Waals surface area contributed by atoms with Crippen LogP contribution < -0.4 is 0 Å². The second-order valence-electron chi connectivity index (χ2n) is 4.44. The van der Waals surface area contributed by atoms with Crippen molar-refractivity contribution in [1.29, 1.82) is 0 Å². The van der Waals surface area contributed by atoms with Crippen molar-refractivity contribution in [2.75, 3.05) is 6.61 Å². The van der Waals surface area contributed by atoms with Crippen molar-refractivity contribution in [3.8, 4) is 0 Å². The molecule has 0 saturated heterocycles. The third kappa shape index (κ3) is 6.83. The fourth-order valence-corrected chi connectivity index (χ4v) is 1.54. The number of hydrogen-bond acceptors (Lipinski definition) is 3. The number of rotatable bonds is 4. The fourth-order valence-electron chi connectivity index (χ4n) is 1.54. The summed E-state index contributed by atoms with van der Waals surface area (Å²) < 4.78 is 39.8. The molecule has 0 saturated carbocycles. The van der Waals surface area contributed by atoms with Gasteiger partial charge in [0.15, 0.2) is 0 Å². The molecule has 0 aromatic heterocycles. The van der Waals surface area contributed by atoms with Gasteiger partial charge in [-0.1, -0.05) is 0 Å². The van der Waals surface area contributed by atoms with Gasteiger partial charge in [0.25, 0.3) is 0 Å². The Morgan fingerprint density at radius 2 is 1.63 bits per heavy atom. The van der Waals surface area contributed by atoms with Crippen LogP contribution in [-0.2, 0) is 14.3 Å². The van der Waals surface area contributed by atoms with E-state index in [-0.39, 0.29) is 18.2 Å². The monoisotopic (exact) mass is 281 g/mol. The highest BCUT2D eigenvalue weighted by Gasteiger charge is 2.27. The van der Waals surface area contributed by atoms with Crippen LogP contribution in [0.5, 0.6) is 0 Å². The average molecular weight is 281 g/mol. The zero-order chi connectivity index (χ0) is 15.2. The number of ether oxygens (including phenoxy) is 1. The molecule has 0 radical (unpaired) electrons. The average Bonchev–Trinajstić information content (AvgIpc) is 2.21. The Kier molecular flexibility index (Phi) is 6.58. The molecule has 0 rings (SSSR count). The minimum atomic E-state index is -4.46. The maximum Gasteiger partial charge on any atom is 0.409 e. The number of carbonyl (C=O) groups is 2. The van der Waals surface area contributed by atoms with E-state index in [1.807, 2.05) is 0 Å². The number of nitrogens with zero attached hydrogens (tertiary/aromatic N) is 1. The Labute approximate surface area is 110 Å². The molecular weight excluding hydrogens is 263 g/mol. The first-order valence-electron chi connectivity index (χ1n) is 5.80. The summed E-state index contributed by atoms with van der Waals surface area (Å²) in [6.45, 7) is 6.33. The van der Waals surface area contributed by atoms with Gasteiger partial charge in [0.05, 0.1) is 0 Å². The molecule has 0 aromatic rings. The summed E-state index contributed by atoms with van der Waals surface area (Å²) in [6.07, 6.45) is -3.87. The number of hydrogen-bond donors (Lipinski definition) is 0. The Hall–Kier alpha value is -1.53. The van der Waals surface area contributed by atoms with Gasteiger partial charge in [-0.05, 0) is 33.8 Å². The first-order valence-corrected chi connectivity index (χ1v) is 5.80. The molecule has 0 N–H and O–H groups in total. The molecule has 0 fully saturated rings. The topological polar surface area (TPSA) is 46.6 Å². The standard InChI is InChI=1S/C12H18F3NO3/c1-8(2)16(9(3)4)10(17)11(18)19-7-5-6-12(13,14)15/h5-6,8-9H,7H2,1-4H3/b6-5+. The molecule has 0 heterocycles. The summed E-state index contributed by atoms with van der Waals surface area (Å²) in [4.78, 5) is 24.4. The van der Waals surface area contributed by atoms with E-state index in [9.17, 15) is 22.8 Å². The van der Waals surface area contributed by atoms with Gasteiger partial charge in [-0.2, -0.15) is 13.2 Å². The molecule has 0 aliphatic heterocycles. The predicted molar refractivity (Wildman–Crippen MR) is 63.3 cm³/mol. The molecule has 4 nitrogen and oxygen atoms in total. The number of halogens is 3. The lowest BCUT2D eigenvalue weighted by Crippen LogP contribution is -2.46. The van der Waals surface area contributed by atoms with E-state index in [0.717, 1.165) is 0 Å².